The number of aliphatic carboxylic acids is 1. The van der Waals surface area contributed by atoms with Crippen LogP contribution in [0.25, 0.3) is 0 Å². The van der Waals surface area contributed by atoms with Crippen LogP contribution in [0, 0.1) is 17.3 Å². The quantitative estimate of drug-likeness (QED) is 0.726. The fraction of sp³-hybridized carbons (Fsp3) is 0.833. The molecule has 0 unspecified atom stereocenters. The molecule has 1 aliphatic heterocycles. The van der Waals surface area contributed by atoms with Gasteiger partial charge >= 0.3 is 11.9 Å². The van der Waals surface area contributed by atoms with Crippen LogP contribution >= 0.6 is 0 Å². The molecule has 1 saturated heterocycles. The number of esters is 1. The van der Waals surface area contributed by atoms with Crippen molar-refractivity contribution in [2.24, 2.45) is 17.3 Å². The Morgan fingerprint density at radius 2 is 1.90 bits per heavy atom. The zero-order valence-corrected chi connectivity index (χ0v) is 12.9. The maximum atomic E-state index is 12.3. The Morgan fingerprint density at radius 3 is 2.30 bits per heavy atom. The zero-order chi connectivity index (χ0) is 15.7. The van der Waals surface area contributed by atoms with E-state index in [0.29, 0.717) is 0 Å². The first-order valence-corrected chi connectivity index (χ1v) is 7.91. The van der Waals surface area contributed by atoms with Crippen LogP contribution in [0.3, 0.4) is 0 Å². The molecular weight excluding hydrogens is 286 g/mol. The second kappa shape index (κ2) is 5.69. The van der Waals surface area contributed by atoms with E-state index in [0.717, 1.165) is 4.31 Å². The molecule has 0 aromatic heterocycles. The van der Waals surface area contributed by atoms with E-state index < -0.39 is 39.0 Å². The van der Waals surface area contributed by atoms with Gasteiger partial charge in [0.05, 0.1) is 24.2 Å². The molecule has 2 atom stereocenters. The van der Waals surface area contributed by atoms with Gasteiger partial charge in [-0.05, 0) is 19.8 Å². The Kier molecular flexibility index (Phi) is 4.81. The summed E-state index contributed by atoms with van der Waals surface area (Å²) in [5.41, 5.74) is -1.17. The van der Waals surface area contributed by atoms with Gasteiger partial charge in [0.2, 0.25) is 10.0 Å². The van der Waals surface area contributed by atoms with Gasteiger partial charge in [-0.2, -0.15) is 0 Å². The van der Waals surface area contributed by atoms with Crippen molar-refractivity contribution in [1.82, 2.24) is 4.31 Å². The van der Waals surface area contributed by atoms with Crippen LogP contribution in [0.4, 0.5) is 0 Å². The molecule has 1 fully saturated rings. The molecule has 8 heteroatoms. The molecule has 20 heavy (non-hydrogen) atoms. The predicted octanol–water partition coefficient (Wildman–Crippen LogP) is 0.168. The van der Waals surface area contributed by atoms with E-state index in [1.54, 1.807) is 6.92 Å². The van der Waals surface area contributed by atoms with E-state index in [2.05, 4.69) is 4.74 Å². The second-order valence-corrected chi connectivity index (χ2v) is 7.84. The Labute approximate surface area is 118 Å². The molecule has 0 aliphatic carbocycles. The van der Waals surface area contributed by atoms with E-state index in [9.17, 15) is 18.0 Å². The Balaban J connectivity index is 2.86. The zero-order valence-electron chi connectivity index (χ0n) is 12.1. The van der Waals surface area contributed by atoms with Crippen LogP contribution in [0.1, 0.15) is 20.8 Å². The summed E-state index contributed by atoms with van der Waals surface area (Å²) >= 11 is 0. The third kappa shape index (κ3) is 3.49. The summed E-state index contributed by atoms with van der Waals surface area (Å²) in [7, 11) is -2.50. The highest BCUT2D eigenvalue weighted by atomic mass is 32.2. The molecular formula is C12H21NO6S. The summed E-state index contributed by atoms with van der Waals surface area (Å²) in [4.78, 5) is 22.6. The molecule has 0 aromatic carbocycles. The number of methoxy groups -OCH3 is 1. The SMILES string of the molecule is COC(=O)C(C)(C)CS(=O)(=O)N1C[C@@H](C)[C@H](C(=O)O)C1. The summed E-state index contributed by atoms with van der Waals surface area (Å²) in [6.07, 6.45) is 0. The number of carbonyl (C=O) groups is 2. The second-order valence-electron chi connectivity index (χ2n) is 5.87. The lowest BCUT2D eigenvalue weighted by atomic mass is 9.97. The number of rotatable bonds is 5. The molecule has 7 nitrogen and oxygen atoms in total. The van der Waals surface area contributed by atoms with Gasteiger partial charge < -0.3 is 9.84 Å². The Bertz CT molecular complexity index is 498. The van der Waals surface area contributed by atoms with Crippen molar-refractivity contribution in [2.45, 2.75) is 20.8 Å². The van der Waals surface area contributed by atoms with Crippen LogP contribution in [-0.4, -0.2) is 55.7 Å². The lowest BCUT2D eigenvalue weighted by molar-refractivity contribution is -0.149. The van der Waals surface area contributed by atoms with Gasteiger partial charge in [0.1, 0.15) is 0 Å². The lowest BCUT2D eigenvalue weighted by Crippen LogP contribution is -2.40. The van der Waals surface area contributed by atoms with E-state index >= 15 is 0 Å². The number of ether oxygens (including phenoxy) is 1. The number of carboxylic acids is 1. The molecule has 0 aromatic rings. The first-order chi connectivity index (χ1) is 9.01. The van der Waals surface area contributed by atoms with Crippen molar-refractivity contribution in [3.63, 3.8) is 0 Å². The van der Waals surface area contributed by atoms with E-state index in [1.165, 1.54) is 21.0 Å². The number of hydrogen-bond acceptors (Lipinski definition) is 5. The first kappa shape index (κ1) is 16.9. The summed E-state index contributed by atoms with van der Waals surface area (Å²) in [5, 5.41) is 9.03. The molecule has 0 radical (unpaired) electrons. The van der Waals surface area contributed by atoms with E-state index in [1.807, 2.05) is 0 Å². The smallest absolute Gasteiger partial charge is 0.312 e. The van der Waals surface area contributed by atoms with Crippen molar-refractivity contribution < 1.29 is 27.9 Å². The van der Waals surface area contributed by atoms with Crippen molar-refractivity contribution in [3.05, 3.63) is 0 Å². The molecule has 0 spiro atoms. The monoisotopic (exact) mass is 307 g/mol. The number of carbonyl (C=O) groups excluding carboxylic acids is 1. The van der Waals surface area contributed by atoms with Gasteiger partial charge in [-0.3, -0.25) is 9.59 Å². The third-order valence-electron chi connectivity index (χ3n) is 3.57. The molecule has 0 saturated carbocycles. The predicted molar refractivity (Wildman–Crippen MR) is 71.4 cm³/mol. The van der Waals surface area contributed by atoms with Crippen LogP contribution < -0.4 is 0 Å². The largest absolute Gasteiger partial charge is 0.481 e. The van der Waals surface area contributed by atoms with Crippen LogP contribution in [0.2, 0.25) is 0 Å². The summed E-state index contributed by atoms with van der Waals surface area (Å²) in [6, 6.07) is 0. The highest BCUT2D eigenvalue weighted by molar-refractivity contribution is 7.89. The topological polar surface area (TPSA) is 101 Å². The third-order valence-corrected chi connectivity index (χ3v) is 5.74. The summed E-state index contributed by atoms with van der Waals surface area (Å²) in [6.45, 7) is 4.81. The molecule has 1 aliphatic rings. The summed E-state index contributed by atoms with van der Waals surface area (Å²) in [5.74, 6) is -2.95. The van der Waals surface area contributed by atoms with Gasteiger partial charge in [-0.25, -0.2) is 12.7 Å². The van der Waals surface area contributed by atoms with Crippen LogP contribution in [0.5, 0.6) is 0 Å². The lowest BCUT2D eigenvalue weighted by Gasteiger charge is -2.24. The maximum absolute atomic E-state index is 12.3. The van der Waals surface area contributed by atoms with E-state index in [4.69, 9.17) is 5.11 Å². The van der Waals surface area contributed by atoms with Gasteiger partial charge in [0.25, 0.3) is 0 Å². The molecule has 1 rings (SSSR count). The number of sulfonamides is 1. The molecule has 1 N–H and O–H groups in total. The minimum absolute atomic E-state index is 0.0455. The van der Waals surface area contributed by atoms with Crippen LogP contribution in [0.15, 0.2) is 0 Å². The van der Waals surface area contributed by atoms with E-state index in [-0.39, 0.29) is 19.0 Å². The minimum Gasteiger partial charge on any atom is -0.481 e. The van der Waals surface area contributed by atoms with Gasteiger partial charge in [0, 0.05) is 13.1 Å². The first-order valence-electron chi connectivity index (χ1n) is 6.30. The molecule has 116 valence electrons. The van der Waals surface area contributed by atoms with Crippen molar-refractivity contribution in [2.75, 3.05) is 26.0 Å². The minimum atomic E-state index is -3.70. The fourth-order valence-electron chi connectivity index (χ4n) is 2.35. The Hall–Kier alpha value is -1.15. The van der Waals surface area contributed by atoms with Crippen molar-refractivity contribution in [1.29, 1.82) is 0 Å². The average Bonchev–Trinajstić information content (AvgIpc) is 2.69. The number of carboxylic acid groups (broad SMARTS) is 1. The highest BCUT2D eigenvalue weighted by Crippen LogP contribution is 2.29. The normalized spacial score (nSPS) is 24.6. The number of nitrogens with zero attached hydrogens (tertiary/aromatic N) is 1. The molecule has 1 heterocycles. The molecule has 0 amide bonds. The summed E-state index contributed by atoms with van der Waals surface area (Å²) < 4.78 is 30.4. The fourth-order valence-corrected chi connectivity index (χ4v) is 4.42. The van der Waals surface area contributed by atoms with Crippen molar-refractivity contribution in [3.8, 4) is 0 Å². The number of hydrogen-bond donors (Lipinski definition) is 1. The Morgan fingerprint density at radius 1 is 1.35 bits per heavy atom. The average molecular weight is 307 g/mol. The van der Waals surface area contributed by atoms with Gasteiger partial charge in [0.15, 0.2) is 0 Å². The highest BCUT2D eigenvalue weighted by Gasteiger charge is 2.43. The standard InChI is InChI=1S/C12H21NO6S/c1-8-5-13(6-9(8)10(14)15)20(17,18)7-12(2,3)11(16)19-4/h8-9H,5-7H2,1-4H3,(H,14,15)/t8-,9-/m1/s1. The molecule has 0 bridgehead atoms. The maximum Gasteiger partial charge on any atom is 0.312 e. The van der Waals surface area contributed by atoms with Gasteiger partial charge in [-0.15, -0.1) is 0 Å². The van der Waals surface area contributed by atoms with Gasteiger partial charge in [-0.1, -0.05) is 6.92 Å². The van der Waals surface area contributed by atoms with Crippen molar-refractivity contribution >= 4 is 22.0 Å². The van der Waals surface area contributed by atoms with Crippen LogP contribution in [-0.2, 0) is 24.3 Å².